The molecule has 0 spiro atoms. The number of aryl methyl sites for hydroxylation is 1. The zero-order valence-corrected chi connectivity index (χ0v) is 21.3. The summed E-state index contributed by atoms with van der Waals surface area (Å²) in [5, 5.41) is 0. The molecule has 2 heterocycles. The van der Waals surface area contributed by atoms with Gasteiger partial charge in [-0.1, -0.05) is 42.5 Å². The van der Waals surface area contributed by atoms with E-state index in [2.05, 4.69) is 46.2 Å². The number of amides is 2. The summed E-state index contributed by atoms with van der Waals surface area (Å²) < 4.78 is 0. The van der Waals surface area contributed by atoms with Crippen molar-refractivity contribution in [3.05, 3.63) is 76.7 Å². The van der Waals surface area contributed by atoms with Crippen LogP contribution in [0.3, 0.4) is 0 Å². The number of hydrogen-bond acceptors (Lipinski definition) is 4. The van der Waals surface area contributed by atoms with Crippen LogP contribution in [0, 0.1) is 6.42 Å². The number of hydrogen-bond donors (Lipinski definition) is 1. The number of rotatable bonds is 7. The number of piperidine rings is 1. The van der Waals surface area contributed by atoms with Crippen LogP contribution in [0.5, 0.6) is 0 Å². The molecule has 0 aromatic heterocycles. The van der Waals surface area contributed by atoms with Gasteiger partial charge in [-0.05, 0) is 67.2 Å². The Morgan fingerprint density at radius 3 is 2.33 bits per heavy atom. The molecule has 5 rings (SSSR count). The topological polar surface area (TPSA) is 69.9 Å². The summed E-state index contributed by atoms with van der Waals surface area (Å²) in [6, 6.07) is 15.4. The minimum Gasteiger partial charge on any atom is -0.366 e. The first kappa shape index (κ1) is 25.0. The molecule has 3 aliphatic rings. The van der Waals surface area contributed by atoms with Gasteiger partial charge in [0.1, 0.15) is 0 Å². The van der Waals surface area contributed by atoms with Crippen molar-refractivity contribution in [3.63, 3.8) is 0 Å². The predicted molar refractivity (Wildman–Crippen MR) is 142 cm³/mol. The quantitative estimate of drug-likeness (QED) is 0.651. The maximum absolute atomic E-state index is 13.0. The molecule has 191 valence electrons. The number of carbonyl (C=O) groups is 2. The van der Waals surface area contributed by atoms with Crippen molar-refractivity contribution in [2.24, 2.45) is 5.73 Å². The van der Waals surface area contributed by atoms with E-state index in [-0.39, 0.29) is 11.8 Å². The standard InChI is InChI=1S/C30H39N4O2/c31-30(36)29-25(11-10-24-8-4-5-9-27(24)29)12-13-28(35)34-16-14-26(15-17-34)33-20-18-32(19-21-33)22-23-6-2-1-3-7-23/h1-3,6-7,10-11,13,26H,4-5,8-9,12,14-22H2,(H2,31,36). The molecule has 36 heavy (non-hydrogen) atoms. The van der Waals surface area contributed by atoms with Gasteiger partial charge in [0.25, 0.3) is 0 Å². The largest absolute Gasteiger partial charge is 0.366 e. The smallest absolute Gasteiger partial charge is 0.249 e. The van der Waals surface area contributed by atoms with E-state index in [0.717, 1.165) is 95.5 Å². The summed E-state index contributed by atoms with van der Waals surface area (Å²) in [6.45, 7) is 7.04. The lowest BCUT2D eigenvalue weighted by atomic mass is 9.84. The number of carbonyl (C=O) groups excluding carboxylic acids is 2. The third-order valence-corrected chi connectivity index (χ3v) is 8.31. The van der Waals surface area contributed by atoms with Crippen molar-refractivity contribution in [1.82, 2.24) is 14.7 Å². The summed E-state index contributed by atoms with van der Waals surface area (Å²) in [6.07, 6.45) is 8.45. The highest BCUT2D eigenvalue weighted by atomic mass is 16.2. The van der Waals surface area contributed by atoms with Gasteiger partial charge in [-0.25, -0.2) is 0 Å². The molecule has 6 heteroatoms. The maximum Gasteiger partial charge on any atom is 0.249 e. The van der Waals surface area contributed by atoms with Crippen molar-refractivity contribution in [1.29, 1.82) is 0 Å². The van der Waals surface area contributed by atoms with Gasteiger partial charge in [0, 0.05) is 57.4 Å². The lowest BCUT2D eigenvalue weighted by Gasteiger charge is -2.42. The van der Waals surface area contributed by atoms with Crippen LogP contribution in [-0.4, -0.2) is 71.8 Å². The summed E-state index contributed by atoms with van der Waals surface area (Å²) >= 11 is 0. The lowest BCUT2D eigenvalue weighted by molar-refractivity contribution is -0.129. The van der Waals surface area contributed by atoms with Crippen molar-refractivity contribution < 1.29 is 9.59 Å². The van der Waals surface area contributed by atoms with Gasteiger partial charge >= 0.3 is 0 Å². The molecule has 2 aliphatic heterocycles. The highest BCUT2D eigenvalue weighted by Gasteiger charge is 2.29. The van der Waals surface area contributed by atoms with Gasteiger partial charge in [0.05, 0.1) is 6.42 Å². The normalized spacial score (nSPS) is 19.7. The molecular formula is C30H39N4O2. The Kier molecular flexibility index (Phi) is 8.02. The first-order chi connectivity index (χ1) is 17.6. The van der Waals surface area contributed by atoms with Crippen molar-refractivity contribution in [2.75, 3.05) is 39.3 Å². The third-order valence-electron chi connectivity index (χ3n) is 8.31. The highest BCUT2D eigenvalue weighted by molar-refractivity contribution is 5.97. The molecule has 1 aliphatic carbocycles. The van der Waals surface area contributed by atoms with E-state index >= 15 is 0 Å². The van der Waals surface area contributed by atoms with E-state index < -0.39 is 0 Å². The monoisotopic (exact) mass is 487 g/mol. The van der Waals surface area contributed by atoms with Crippen LogP contribution < -0.4 is 5.73 Å². The Labute approximate surface area is 215 Å². The van der Waals surface area contributed by atoms with Crippen LogP contribution in [0.1, 0.15) is 58.3 Å². The number of fused-ring (bicyclic) bond motifs is 1. The molecule has 2 fully saturated rings. The fourth-order valence-corrected chi connectivity index (χ4v) is 6.26. The fraction of sp³-hybridized carbons (Fsp3) is 0.500. The number of nitrogens with zero attached hydrogens (tertiary/aromatic N) is 3. The summed E-state index contributed by atoms with van der Waals surface area (Å²) in [7, 11) is 0. The van der Waals surface area contributed by atoms with E-state index in [1.807, 2.05) is 11.0 Å². The third kappa shape index (κ3) is 5.81. The van der Waals surface area contributed by atoms with Gasteiger partial charge in [0.15, 0.2) is 0 Å². The van der Waals surface area contributed by atoms with Crippen molar-refractivity contribution in [2.45, 2.75) is 57.5 Å². The van der Waals surface area contributed by atoms with E-state index in [1.54, 1.807) is 6.42 Å². The molecule has 2 aromatic rings. The summed E-state index contributed by atoms with van der Waals surface area (Å²) in [4.78, 5) is 32.4. The average molecular weight is 488 g/mol. The summed E-state index contributed by atoms with van der Waals surface area (Å²) in [5.74, 6) is -0.288. The Morgan fingerprint density at radius 2 is 1.61 bits per heavy atom. The Morgan fingerprint density at radius 1 is 0.889 bits per heavy atom. The second-order valence-corrected chi connectivity index (χ2v) is 10.6. The van der Waals surface area contributed by atoms with Crippen molar-refractivity contribution >= 4 is 11.8 Å². The minimum absolute atomic E-state index is 0.0780. The molecule has 6 nitrogen and oxygen atoms in total. The van der Waals surface area contributed by atoms with Crippen LogP contribution in [0.2, 0.25) is 0 Å². The average Bonchev–Trinajstić information content (AvgIpc) is 2.92. The molecule has 0 bridgehead atoms. The van der Waals surface area contributed by atoms with Crippen LogP contribution in [-0.2, 0) is 30.6 Å². The van der Waals surface area contributed by atoms with E-state index in [0.29, 0.717) is 18.0 Å². The summed E-state index contributed by atoms with van der Waals surface area (Å²) in [5.41, 5.74) is 11.0. The van der Waals surface area contributed by atoms with E-state index in [4.69, 9.17) is 5.73 Å². The lowest BCUT2D eigenvalue weighted by Crippen LogP contribution is -2.53. The minimum atomic E-state index is -0.366. The Balaban J connectivity index is 1.08. The van der Waals surface area contributed by atoms with E-state index in [9.17, 15) is 9.59 Å². The van der Waals surface area contributed by atoms with Crippen LogP contribution in [0.15, 0.2) is 42.5 Å². The molecule has 0 unspecified atom stereocenters. The number of primary amides is 1. The van der Waals surface area contributed by atoms with Gasteiger partial charge in [-0.15, -0.1) is 0 Å². The zero-order chi connectivity index (χ0) is 24.9. The maximum atomic E-state index is 13.0. The molecule has 0 saturated carbocycles. The molecule has 1 radical (unpaired) electrons. The highest BCUT2D eigenvalue weighted by Crippen LogP contribution is 2.28. The fourth-order valence-electron chi connectivity index (χ4n) is 6.26. The molecule has 0 atom stereocenters. The van der Waals surface area contributed by atoms with E-state index in [1.165, 1.54) is 11.1 Å². The number of benzene rings is 2. The molecule has 2 amide bonds. The first-order valence-corrected chi connectivity index (χ1v) is 13.6. The van der Waals surface area contributed by atoms with Crippen LogP contribution in [0.25, 0.3) is 0 Å². The Hall–Kier alpha value is -2.70. The second-order valence-electron chi connectivity index (χ2n) is 10.6. The first-order valence-electron chi connectivity index (χ1n) is 13.6. The van der Waals surface area contributed by atoms with Gasteiger partial charge in [-0.2, -0.15) is 0 Å². The predicted octanol–water partition coefficient (Wildman–Crippen LogP) is 3.22. The van der Waals surface area contributed by atoms with Gasteiger partial charge in [0.2, 0.25) is 11.8 Å². The van der Waals surface area contributed by atoms with Gasteiger partial charge in [-0.3, -0.25) is 19.4 Å². The molecule has 2 N–H and O–H groups in total. The second kappa shape index (κ2) is 11.6. The number of nitrogens with two attached hydrogens (primary N) is 1. The molecular weight excluding hydrogens is 448 g/mol. The number of likely N-dealkylation sites (tertiary alicyclic amines) is 1. The van der Waals surface area contributed by atoms with Crippen LogP contribution >= 0.6 is 0 Å². The van der Waals surface area contributed by atoms with Crippen molar-refractivity contribution in [3.8, 4) is 0 Å². The Bertz CT molecular complexity index is 1050. The zero-order valence-electron chi connectivity index (χ0n) is 21.3. The SMILES string of the molecule is NC(=O)c1c(C[CH]C(=O)N2CCC(N3CCN(Cc4ccccc4)CC3)CC2)ccc2c1CCCC2. The molecule has 2 aromatic carbocycles. The van der Waals surface area contributed by atoms with Crippen LogP contribution in [0.4, 0.5) is 0 Å². The number of piperazine rings is 1. The van der Waals surface area contributed by atoms with Gasteiger partial charge < -0.3 is 10.6 Å². The molecule has 2 saturated heterocycles.